The van der Waals surface area contributed by atoms with Crippen molar-refractivity contribution in [2.45, 2.75) is 63.9 Å². The lowest BCUT2D eigenvalue weighted by molar-refractivity contribution is 0.462. The molecule has 0 saturated carbocycles. The summed E-state index contributed by atoms with van der Waals surface area (Å²) in [7, 11) is 0. The lowest BCUT2D eigenvalue weighted by Crippen LogP contribution is -2.03. The molecular weight excluding hydrogens is 274 g/mol. The lowest BCUT2D eigenvalue weighted by Gasteiger charge is -2.05. The average molecular weight is 295 g/mol. The molecule has 0 fully saturated rings. The van der Waals surface area contributed by atoms with Crippen LogP contribution in [0.3, 0.4) is 0 Å². The van der Waals surface area contributed by atoms with Gasteiger partial charge in [-0.25, -0.2) is 0 Å². The van der Waals surface area contributed by atoms with E-state index in [1.807, 2.05) is 0 Å². The number of rotatable bonds is 8. The summed E-state index contributed by atoms with van der Waals surface area (Å²) >= 11 is 1.60. The normalized spacial score (nSPS) is 11.2. The molecule has 0 radical (unpaired) electrons. The molecule has 2 rings (SSSR count). The molecule has 0 aliphatic heterocycles. The van der Waals surface area contributed by atoms with E-state index in [0.29, 0.717) is 17.5 Å². The molecule has 0 spiro atoms. The van der Waals surface area contributed by atoms with Crippen molar-refractivity contribution < 1.29 is 4.42 Å². The highest BCUT2D eigenvalue weighted by Gasteiger charge is 2.12. The standard InChI is InChI=1S/C13H21N5OS/c1-4-7-10-14-17-13(18(10)6-3)20-9-12-16-15-11(19-12)8-5-2/h4-9H2,1-3H3. The molecule has 0 atom stereocenters. The van der Waals surface area contributed by atoms with Crippen molar-refractivity contribution in [2.24, 2.45) is 0 Å². The van der Waals surface area contributed by atoms with Crippen LogP contribution in [0.15, 0.2) is 9.57 Å². The summed E-state index contributed by atoms with van der Waals surface area (Å²) in [6.45, 7) is 7.24. The van der Waals surface area contributed by atoms with Gasteiger partial charge in [-0.15, -0.1) is 20.4 Å². The van der Waals surface area contributed by atoms with E-state index in [1.165, 1.54) is 0 Å². The van der Waals surface area contributed by atoms with Gasteiger partial charge in [-0.05, 0) is 19.8 Å². The molecular formula is C13H21N5OS. The predicted octanol–water partition coefficient (Wildman–Crippen LogP) is 2.88. The number of aryl methyl sites for hydroxylation is 2. The van der Waals surface area contributed by atoms with Crippen molar-refractivity contribution in [3.05, 3.63) is 17.6 Å². The van der Waals surface area contributed by atoms with Crippen LogP contribution in [0.4, 0.5) is 0 Å². The van der Waals surface area contributed by atoms with Crippen LogP contribution in [0.5, 0.6) is 0 Å². The second-order valence-electron chi connectivity index (χ2n) is 4.52. The summed E-state index contributed by atoms with van der Waals surface area (Å²) in [5.74, 6) is 3.06. The Labute approximate surface area is 123 Å². The van der Waals surface area contributed by atoms with Gasteiger partial charge in [0.2, 0.25) is 11.8 Å². The minimum Gasteiger partial charge on any atom is -0.424 e. The summed E-state index contributed by atoms with van der Waals surface area (Å²) in [6, 6.07) is 0. The van der Waals surface area contributed by atoms with E-state index in [4.69, 9.17) is 4.42 Å². The smallest absolute Gasteiger partial charge is 0.226 e. The topological polar surface area (TPSA) is 69.6 Å². The van der Waals surface area contributed by atoms with Crippen LogP contribution in [-0.2, 0) is 25.1 Å². The Bertz CT molecular complexity index is 537. The first-order chi connectivity index (χ1) is 9.78. The van der Waals surface area contributed by atoms with Gasteiger partial charge in [0, 0.05) is 19.4 Å². The third-order valence-corrected chi connectivity index (χ3v) is 3.83. The van der Waals surface area contributed by atoms with E-state index in [0.717, 1.165) is 43.2 Å². The van der Waals surface area contributed by atoms with Crippen LogP contribution in [-0.4, -0.2) is 25.0 Å². The van der Waals surface area contributed by atoms with E-state index in [2.05, 4.69) is 45.7 Å². The minimum atomic E-state index is 0.640. The Morgan fingerprint density at radius 2 is 1.70 bits per heavy atom. The molecule has 0 amide bonds. The van der Waals surface area contributed by atoms with Gasteiger partial charge in [0.25, 0.3) is 0 Å². The number of aromatic nitrogens is 5. The van der Waals surface area contributed by atoms with Gasteiger partial charge in [-0.2, -0.15) is 0 Å². The zero-order valence-electron chi connectivity index (χ0n) is 12.3. The molecule has 110 valence electrons. The third kappa shape index (κ3) is 3.59. The van der Waals surface area contributed by atoms with E-state index in [9.17, 15) is 0 Å². The number of nitrogens with zero attached hydrogens (tertiary/aromatic N) is 5. The fraction of sp³-hybridized carbons (Fsp3) is 0.692. The summed E-state index contributed by atoms with van der Waals surface area (Å²) < 4.78 is 7.72. The van der Waals surface area contributed by atoms with Gasteiger partial charge in [0.15, 0.2) is 5.16 Å². The van der Waals surface area contributed by atoms with Crippen LogP contribution < -0.4 is 0 Å². The third-order valence-electron chi connectivity index (χ3n) is 2.88. The van der Waals surface area contributed by atoms with E-state index < -0.39 is 0 Å². The van der Waals surface area contributed by atoms with E-state index >= 15 is 0 Å². The summed E-state index contributed by atoms with van der Waals surface area (Å²) in [6.07, 6.45) is 3.89. The fourth-order valence-corrected chi connectivity index (χ4v) is 2.80. The number of hydrogen-bond donors (Lipinski definition) is 0. The molecule has 6 nitrogen and oxygen atoms in total. The summed E-state index contributed by atoms with van der Waals surface area (Å²) in [5.41, 5.74) is 0. The molecule has 0 aromatic carbocycles. The molecule has 2 aromatic rings. The Balaban J connectivity index is 1.99. The zero-order chi connectivity index (χ0) is 14.4. The molecule has 2 heterocycles. The Morgan fingerprint density at radius 3 is 2.40 bits per heavy atom. The first kappa shape index (κ1) is 15.0. The van der Waals surface area contributed by atoms with Gasteiger partial charge >= 0.3 is 0 Å². The molecule has 7 heteroatoms. The van der Waals surface area contributed by atoms with Crippen molar-refractivity contribution in [1.29, 1.82) is 0 Å². The van der Waals surface area contributed by atoms with Crippen molar-refractivity contribution in [1.82, 2.24) is 25.0 Å². The average Bonchev–Trinajstić information content (AvgIpc) is 3.04. The second-order valence-corrected chi connectivity index (χ2v) is 5.46. The Hall–Kier alpha value is -1.37. The zero-order valence-corrected chi connectivity index (χ0v) is 13.1. The van der Waals surface area contributed by atoms with Crippen molar-refractivity contribution in [2.75, 3.05) is 0 Å². The molecule has 20 heavy (non-hydrogen) atoms. The maximum absolute atomic E-state index is 5.57. The van der Waals surface area contributed by atoms with E-state index in [1.54, 1.807) is 11.8 Å². The predicted molar refractivity (Wildman–Crippen MR) is 77.5 cm³/mol. The second kappa shape index (κ2) is 7.42. The Kier molecular flexibility index (Phi) is 5.58. The quantitative estimate of drug-likeness (QED) is 0.697. The van der Waals surface area contributed by atoms with Crippen molar-refractivity contribution in [3.63, 3.8) is 0 Å². The van der Waals surface area contributed by atoms with Crippen LogP contribution in [0.25, 0.3) is 0 Å². The number of thioether (sulfide) groups is 1. The maximum Gasteiger partial charge on any atom is 0.226 e. The van der Waals surface area contributed by atoms with Crippen LogP contribution in [0.1, 0.15) is 51.2 Å². The molecule has 0 aliphatic rings. The van der Waals surface area contributed by atoms with Crippen LogP contribution >= 0.6 is 11.8 Å². The van der Waals surface area contributed by atoms with Gasteiger partial charge in [0.1, 0.15) is 5.82 Å². The summed E-state index contributed by atoms with van der Waals surface area (Å²) in [4.78, 5) is 0. The molecule has 0 saturated heterocycles. The molecule has 0 N–H and O–H groups in total. The maximum atomic E-state index is 5.57. The van der Waals surface area contributed by atoms with E-state index in [-0.39, 0.29) is 0 Å². The van der Waals surface area contributed by atoms with Crippen molar-refractivity contribution in [3.8, 4) is 0 Å². The van der Waals surface area contributed by atoms with Gasteiger partial charge in [0.05, 0.1) is 5.75 Å². The molecule has 0 aliphatic carbocycles. The lowest BCUT2D eigenvalue weighted by atomic mass is 10.3. The fourth-order valence-electron chi connectivity index (χ4n) is 1.94. The van der Waals surface area contributed by atoms with Crippen molar-refractivity contribution >= 4 is 11.8 Å². The molecule has 0 unspecified atom stereocenters. The first-order valence-electron chi connectivity index (χ1n) is 7.14. The highest BCUT2D eigenvalue weighted by molar-refractivity contribution is 7.98. The van der Waals surface area contributed by atoms with Gasteiger partial charge < -0.3 is 8.98 Å². The minimum absolute atomic E-state index is 0.640. The molecule has 0 bridgehead atoms. The van der Waals surface area contributed by atoms with Crippen LogP contribution in [0, 0.1) is 0 Å². The monoisotopic (exact) mass is 295 g/mol. The van der Waals surface area contributed by atoms with Gasteiger partial charge in [-0.1, -0.05) is 25.6 Å². The van der Waals surface area contributed by atoms with Gasteiger partial charge in [-0.3, -0.25) is 0 Å². The van der Waals surface area contributed by atoms with Crippen LogP contribution in [0.2, 0.25) is 0 Å². The highest BCUT2D eigenvalue weighted by atomic mass is 32.2. The SMILES string of the molecule is CCCc1nnc(CSc2nnc(CCC)n2CC)o1. The first-order valence-corrected chi connectivity index (χ1v) is 8.13. The largest absolute Gasteiger partial charge is 0.424 e. The molecule has 2 aromatic heterocycles. The Morgan fingerprint density at radius 1 is 0.950 bits per heavy atom. The highest BCUT2D eigenvalue weighted by Crippen LogP contribution is 2.22. The number of hydrogen-bond acceptors (Lipinski definition) is 6. The summed E-state index contributed by atoms with van der Waals surface area (Å²) in [5, 5.41) is 17.5.